The number of benzene rings is 1. The van der Waals surface area contributed by atoms with E-state index in [0.29, 0.717) is 6.54 Å². The van der Waals surface area contributed by atoms with Gasteiger partial charge in [0.2, 0.25) is 0 Å². The normalized spacial score (nSPS) is 18.8. The van der Waals surface area contributed by atoms with Crippen LogP contribution in [0.5, 0.6) is 0 Å². The van der Waals surface area contributed by atoms with Crippen molar-refractivity contribution in [3.05, 3.63) is 41.5 Å². The molecule has 0 heterocycles. The van der Waals surface area contributed by atoms with Crippen LogP contribution >= 0.6 is 0 Å². The molecule has 19 heavy (non-hydrogen) atoms. The van der Waals surface area contributed by atoms with Crippen molar-refractivity contribution in [1.82, 2.24) is 0 Å². The van der Waals surface area contributed by atoms with Crippen LogP contribution in [0.25, 0.3) is 6.08 Å². The van der Waals surface area contributed by atoms with Gasteiger partial charge in [0.25, 0.3) is 0 Å². The zero-order valence-electron chi connectivity index (χ0n) is 11.6. The Hall–Kier alpha value is -1.12. The predicted octanol–water partition coefficient (Wildman–Crippen LogP) is 3.29. The predicted molar refractivity (Wildman–Crippen MR) is 80.9 cm³/mol. The van der Waals surface area contributed by atoms with Crippen molar-refractivity contribution in [3.63, 3.8) is 0 Å². The van der Waals surface area contributed by atoms with Gasteiger partial charge in [-0.25, -0.2) is 0 Å². The Kier molecular flexibility index (Phi) is 5.17. The molecule has 0 unspecified atom stereocenters. The second-order valence-corrected chi connectivity index (χ2v) is 5.67. The number of nitrogens with two attached hydrogens (primary N) is 1. The van der Waals surface area contributed by atoms with Gasteiger partial charge in [0.05, 0.1) is 5.60 Å². The molecule has 0 aliphatic heterocycles. The van der Waals surface area contributed by atoms with Gasteiger partial charge in [-0.15, -0.1) is 0 Å². The van der Waals surface area contributed by atoms with Crippen LogP contribution in [0.2, 0.25) is 0 Å². The van der Waals surface area contributed by atoms with Crippen molar-refractivity contribution >= 4 is 6.08 Å². The van der Waals surface area contributed by atoms with E-state index in [1.54, 1.807) is 0 Å². The standard InChI is InChI=1S/C17H25NO/c18-13-5-8-15-6-4-7-16(14-15)9-12-17(19)10-2-1-3-11-17/h4-8,14,19H,1-3,9-13,18H2/b8-5+. The Morgan fingerprint density at radius 3 is 2.74 bits per heavy atom. The van der Waals surface area contributed by atoms with Gasteiger partial charge in [-0.3, -0.25) is 0 Å². The minimum atomic E-state index is -0.415. The summed E-state index contributed by atoms with van der Waals surface area (Å²) in [6, 6.07) is 8.51. The van der Waals surface area contributed by atoms with E-state index < -0.39 is 5.60 Å². The second-order valence-electron chi connectivity index (χ2n) is 5.67. The monoisotopic (exact) mass is 259 g/mol. The molecule has 0 saturated heterocycles. The summed E-state index contributed by atoms with van der Waals surface area (Å²) >= 11 is 0. The number of hydrogen-bond acceptors (Lipinski definition) is 2. The molecule has 2 heteroatoms. The highest BCUT2D eigenvalue weighted by atomic mass is 16.3. The third-order valence-electron chi connectivity index (χ3n) is 4.06. The molecule has 1 fully saturated rings. The highest BCUT2D eigenvalue weighted by molar-refractivity contribution is 5.50. The Morgan fingerprint density at radius 2 is 2.00 bits per heavy atom. The van der Waals surface area contributed by atoms with Gasteiger partial charge in [-0.2, -0.15) is 0 Å². The Morgan fingerprint density at radius 1 is 1.21 bits per heavy atom. The number of hydrogen-bond donors (Lipinski definition) is 2. The molecule has 1 aromatic carbocycles. The molecule has 2 rings (SSSR count). The van der Waals surface area contributed by atoms with Crippen LogP contribution in [0.15, 0.2) is 30.3 Å². The molecular weight excluding hydrogens is 234 g/mol. The molecular formula is C17H25NO. The van der Waals surface area contributed by atoms with Gasteiger partial charge in [0.15, 0.2) is 0 Å². The number of aryl methyl sites for hydroxylation is 1. The molecule has 0 atom stereocenters. The van der Waals surface area contributed by atoms with E-state index in [4.69, 9.17) is 5.73 Å². The molecule has 1 aliphatic carbocycles. The number of aliphatic hydroxyl groups is 1. The van der Waals surface area contributed by atoms with Crippen LogP contribution in [0, 0.1) is 0 Å². The average Bonchev–Trinajstić information content (AvgIpc) is 2.44. The highest BCUT2D eigenvalue weighted by Crippen LogP contribution is 2.31. The first-order valence-corrected chi connectivity index (χ1v) is 7.40. The molecule has 3 N–H and O–H groups in total. The molecule has 0 spiro atoms. The summed E-state index contributed by atoms with van der Waals surface area (Å²) in [4.78, 5) is 0. The molecule has 1 aromatic rings. The van der Waals surface area contributed by atoms with Crippen LogP contribution < -0.4 is 5.73 Å². The summed E-state index contributed by atoms with van der Waals surface area (Å²) in [5.41, 5.74) is 7.55. The van der Waals surface area contributed by atoms with Crippen LogP contribution in [0.1, 0.15) is 49.7 Å². The van der Waals surface area contributed by atoms with Crippen molar-refractivity contribution < 1.29 is 5.11 Å². The van der Waals surface area contributed by atoms with Gasteiger partial charge < -0.3 is 10.8 Å². The molecule has 0 radical (unpaired) electrons. The van der Waals surface area contributed by atoms with E-state index in [9.17, 15) is 5.11 Å². The fraction of sp³-hybridized carbons (Fsp3) is 0.529. The van der Waals surface area contributed by atoms with Crippen molar-refractivity contribution in [2.75, 3.05) is 6.54 Å². The summed E-state index contributed by atoms with van der Waals surface area (Å²) < 4.78 is 0. The van der Waals surface area contributed by atoms with Crippen molar-refractivity contribution in [2.45, 2.75) is 50.5 Å². The minimum Gasteiger partial charge on any atom is -0.390 e. The Balaban J connectivity index is 1.93. The minimum absolute atomic E-state index is 0.415. The lowest BCUT2D eigenvalue weighted by Crippen LogP contribution is -2.31. The van der Waals surface area contributed by atoms with Gasteiger partial charge in [0.1, 0.15) is 0 Å². The van der Waals surface area contributed by atoms with E-state index >= 15 is 0 Å². The lowest BCUT2D eigenvalue weighted by Gasteiger charge is -2.32. The summed E-state index contributed by atoms with van der Waals surface area (Å²) in [5.74, 6) is 0. The maximum absolute atomic E-state index is 10.5. The molecule has 104 valence electrons. The average molecular weight is 259 g/mol. The third-order valence-corrected chi connectivity index (χ3v) is 4.06. The molecule has 1 aliphatic rings. The fourth-order valence-electron chi connectivity index (χ4n) is 2.89. The molecule has 2 nitrogen and oxygen atoms in total. The van der Waals surface area contributed by atoms with Crippen molar-refractivity contribution in [2.24, 2.45) is 5.73 Å². The van der Waals surface area contributed by atoms with Gasteiger partial charge in [-0.05, 0) is 36.8 Å². The van der Waals surface area contributed by atoms with E-state index in [-0.39, 0.29) is 0 Å². The lowest BCUT2D eigenvalue weighted by atomic mass is 9.81. The van der Waals surface area contributed by atoms with Crippen LogP contribution in [-0.2, 0) is 6.42 Å². The number of rotatable bonds is 5. The molecule has 0 bridgehead atoms. The molecule has 0 aromatic heterocycles. The summed E-state index contributed by atoms with van der Waals surface area (Å²) in [7, 11) is 0. The maximum Gasteiger partial charge on any atom is 0.0651 e. The SMILES string of the molecule is NC/C=C/c1cccc(CCC2(O)CCCCC2)c1. The largest absolute Gasteiger partial charge is 0.390 e. The summed E-state index contributed by atoms with van der Waals surface area (Å²) in [6.07, 6.45) is 11.4. The van der Waals surface area contributed by atoms with Gasteiger partial charge in [0, 0.05) is 6.54 Å². The second kappa shape index (κ2) is 6.88. The zero-order valence-corrected chi connectivity index (χ0v) is 11.6. The topological polar surface area (TPSA) is 46.2 Å². The van der Waals surface area contributed by atoms with Gasteiger partial charge >= 0.3 is 0 Å². The lowest BCUT2D eigenvalue weighted by molar-refractivity contribution is -0.00341. The first-order chi connectivity index (χ1) is 9.22. The quantitative estimate of drug-likeness (QED) is 0.852. The summed E-state index contributed by atoms with van der Waals surface area (Å²) in [5, 5.41) is 10.5. The zero-order chi connectivity index (χ0) is 13.6. The molecule has 1 saturated carbocycles. The van der Waals surface area contributed by atoms with Crippen molar-refractivity contribution in [3.8, 4) is 0 Å². The highest BCUT2D eigenvalue weighted by Gasteiger charge is 2.28. The smallest absolute Gasteiger partial charge is 0.0651 e. The maximum atomic E-state index is 10.5. The Bertz CT molecular complexity index is 419. The van der Waals surface area contributed by atoms with E-state index in [1.807, 2.05) is 6.08 Å². The molecule has 0 amide bonds. The van der Waals surface area contributed by atoms with E-state index in [2.05, 4.69) is 30.3 Å². The van der Waals surface area contributed by atoms with E-state index in [0.717, 1.165) is 25.7 Å². The van der Waals surface area contributed by atoms with Crippen molar-refractivity contribution in [1.29, 1.82) is 0 Å². The van der Waals surface area contributed by atoms with E-state index in [1.165, 1.54) is 30.4 Å². The first-order valence-electron chi connectivity index (χ1n) is 7.40. The van der Waals surface area contributed by atoms with Crippen LogP contribution in [0.4, 0.5) is 0 Å². The fourth-order valence-corrected chi connectivity index (χ4v) is 2.89. The van der Waals surface area contributed by atoms with Gasteiger partial charge in [-0.1, -0.05) is 55.7 Å². The first kappa shape index (κ1) is 14.3. The Labute approximate surface area is 116 Å². The van der Waals surface area contributed by atoms with Crippen LogP contribution in [0.3, 0.4) is 0 Å². The third kappa shape index (κ3) is 4.48. The van der Waals surface area contributed by atoms with Crippen LogP contribution in [-0.4, -0.2) is 17.3 Å². The summed E-state index contributed by atoms with van der Waals surface area (Å²) in [6.45, 7) is 0.573.